The molecule has 2 aromatic rings. The van der Waals surface area contributed by atoms with E-state index >= 15 is 0 Å². The van der Waals surface area contributed by atoms with Crippen molar-refractivity contribution >= 4 is 22.2 Å². The van der Waals surface area contributed by atoms with Crippen LogP contribution in [0, 0.1) is 11.3 Å². The second-order valence-corrected chi connectivity index (χ2v) is 14.8. The van der Waals surface area contributed by atoms with Crippen LogP contribution in [0.25, 0.3) is 0 Å². The summed E-state index contributed by atoms with van der Waals surface area (Å²) in [7, 11) is -4.21. The van der Waals surface area contributed by atoms with Gasteiger partial charge in [0.1, 0.15) is 6.10 Å². The van der Waals surface area contributed by atoms with E-state index in [0.717, 1.165) is 5.56 Å². The van der Waals surface area contributed by atoms with Crippen molar-refractivity contribution in [3.8, 4) is 11.5 Å². The first kappa shape index (κ1) is 35.7. The molecule has 0 aliphatic carbocycles. The minimum atomic E-state index is -4.21. The summed E-state index contributed by atoms with van der Waals surface area (Å²) in [6.45, 7) is 6.25. The molecule has 264 valence electrons. The Bertz CT molecular complexity index is 1510. The molecule has 15 heteroatoms. The normalized spacial score (nSPS) is 21.4. The van der Waals surface area contributed by atoms with Crippen LogP contribution in [0.5, 0.6) is 11.5 Å². The Labute approximate surface area is 281 Å². The summed E-state index contributed by atoms with van der Waals surface area (Å²) >= 11 is 0. The van der Waals surface area contributed by atoms with Crippen molar-refractivity contribution in [2.24, 2.45) is 11.3 Å². The third kappa shape index (κ3) is 9.08. The smallest absolute Gasteiger partial charge is 0.407 e. The largest absolute Gasteiger partial charge is 0.454 e. The third-order valence-electron chi connectivity index (χ3n) is 8.63. The van der Waals surface area contributed by atoms with Crippen molar-refractivity contribution in [3.63, 3.8) is 0 Å². The van der Waals surface area contributed by atoms with Gasteiger partial charge in [0, 0.05) is 25.7 Å². The molecule has 5 atom stereocenters. The molecular weight excluding hydrogens is 646 g/mol. The lowest BCUT2D eigenvalue weighted by Crippen LogP contribution is -2.52. The van der Waals surface area contributed by atoms with Crippen LogP contribution in [0.2, 0.25) is 0 Å². The minimum absolute atomic E-state index is 0.0175. The van der Waals surface area contributed by atoms with E-state index in [1.54, 1.807) is 6.92 Å². The zero-order valence-corrected chi connectivity index (χ0v) is 28.3. The van der Waals surface area contributed by atoms with E-state index in [1.807, 2.05) is 44.2 Å². The highest BCUT2D eigenvalue weighted by Crippen LogP contribution is 2.36. The number of sulfonamides is 1. The summed E-state index contributed by atoms with van der Waals surface area (Å²) in [6, 6.07) is 12.7. The number of hydrogen-bond acceptors (Lipinski definition) is 11. The van der Waals surface area contributed by atoms with Crippen LogP contribution in [-0.2, 0) is 35.4 Å². The average molecular weight is 692 g/mol. The Hall–Kier alpha value is -3.63. The lowest BCUT2D eigenvalue weighted by atomic mass is 9.89. The Kier molecular flexibility index (Phi) is 11.7. The number of hydrogen-bond donors (Lipinski definition) is 3. The van der Waals surface area contributed by atoms with Gasteiger partial charge < -0.3 is 44.2 Å². The molecule has 3 heterocycles. The summed E-state index contributed by atoms with van der Waals surface area (Å²) < 4.78 is 62.3. The van der Waals surface area contributed by atoms with Crippen molar-refractivity contribution in [2.75, 3.05) is 46.2 Å². The van der Waals surface area contributed by atoms with Crippen molar-refractivity contribution < 1.29 is 51.5 Å². The van der Waals surface area contributed by atoms with E-state index in [4.69, 9.17) is 28.4 Å². The van der Waals surface area contributed by atoms with Crippen LogP contribution in [0.4, 0.5) is 9.59 Å². The maximum absolute atomic E-state index is 14.2. The molecule has 5 rings (SSSR count). The van der Waals surface area contributed by atoms with Gasteiger partial charge >= 0.3 is 12.2 Å². The minimum Gasteiger partial charge on any atom is -0.454 e. The van der Waals surface area contributed by atoms with Gasteiger partial charge in [-0.3, -0.25) is 0 Å². The Morgan fingerprint density at radius 2 is 1.85 bits per heavy atom. The molecule has 0 aromatic heterocycles. The second-order valence-electron chi connectivity index (χ2n) is 12.9. The first-order valence-electron chi connectivity index (χ1n) is 16.2. The molecule has 2 aromatic carbocycles. The Balaban J connectivity index is 1.36. The molecule has 0 bridgehead atoms. The molecule has 48 heavy (non-hydrogen) atoms. The first-order valence-corrected chi connectivity index (χ1v) is 17.6. The molecule has 2 fully saturated rings. The van der Waals surface area contributed by atoms with Crippen molar-refractivity contribution in [1.82, 2.24) is 14.9 Å². The van der Waals surface area contributed by atoms with Crippen molar-refractivity contribution in [3.05, 3.63) is 54.1 Å². The van der Waals surface area contributed by atoms with Crippen LogP contribution >= 0.6 is 0 Å². The number of aliphatic hydroxyl groups excluding tert-OH is 1. The predicted octanol–water partition coefficient (Wildman–Crippen LogP) is 3.03. The zero-order chi connectivity index (χ0) is 34.3. The SMILES string of the molecule is CCOC(=O)NCCC(C)(C)CN(C[C@@H](O)[C@H](Cc1ccccc1)NC(=O)O[C@H]1CO[C@H]2OCC[C@H]21)S(=O)(=O)c1ccc2c(c1)OCO2. The number of amides is 2. The highest BCUT2D eigenvalue weighted by molar-refractivity contribution is 7.89. The molecule has 2 saturated heterocycles. The number of nitrogens with one attached hydrogen (secondary N) is 2. The topological polar surface area (TPSA) is 171 Å². The van der Waals surface area contributed by atoms with Gasteiger partial charge in [-0.1, -0.05) is 44.2 Å². The van der Waals surface area contributed by atoms with E-state index < -0.39 is 52.2 Å². The summed E-state index contributed by atoms with van der Waals surface area (Å²) in [5.41, 5.74) is 0.164. The number of rotatable bonds is 15. The van der Waals surface area contributed by atoms with Gasteiger partial charge in [-0.15, -0.1) is 0 Å². The van der Waals surface area contributed by atoms with E-state index in [-0.39, 0.29) is 56.9 Å². The average Bonchev–Trinajstić information content (AvgIpc) is 3.79. The van der Waals surface area contributed by atoms with Gasteiger partial charge in [-0.2, -0.15) is 4.31 Å². The van der Waals surface area contributed by atoms with E-state index in [2.05, 4.69) is 10.6 Å². The van der Waals surface area contributed by atoms with Gasteiger partial charge in [0.05, 0.1) is 42.8 Å². The van der Waals surface area contributed by atoms with Gasteiger partial charge in [0.25, 0.3) is 0 Å². The van der Waals surface area contributed by atoms with Gasteiger partial charge in [0.2, 0.25) is 16.8 Å². The predicted molar refractivity (Wildman–Crippen MR) is 172 cm³/mol. The highest BCUT2D eigenvalue weighted by atomic mass is 32.2. The van der Waals surface area contributed by atoms with Crippen LogP contribution < -0.4 is 20.1 Å². The first-order chi connectivity index (χ1) is 22.9. The number of ether oxygens (including phenoxy) is 6. The number of carbonyl (C=O) groups excluding carboxylic acids is 2. The molecule has 14 nitrogen and oxygen atoms in total. The molecule has 0 unspecified atom stereocenters. The fourth-order valence-corrected chi connectivity index (χ4v) is 7.70. The molecule has 3 N–H and O–H groups in total. The summed E-state index contributed by atoms with van der Waals surface area (Å²) in [6.07, 6.45) is -2.24. The summed E-state index contributed by atoms with van der Waals surface area (Å²) in [4.78, 5) is 25.0. The molecule has 0 saturated carbocycles. The van der Waals surface area contributed by atoms with Gasteiger partial charge in [0.15, 0.2) is 17.8 Å². The number of benzene rings is 2. The summed E-state index contributed by atoms with van der Waals surface area (Å²) in [5, 5.41) is 17.2. The fourth-order valence-electron chi connectivity index (χ4n) is 6.03. The number of fused-ring (bicyclic) bond motifs is 2. The summed E-state index contributed by atoms with van der Waals surface area (Å²) in [5.74, 6) is 0.655. The van der Waals surface area contributed by atoms with Crippen molar-refractivity contribution in [1.29, 1.82) is 0 Å². The van der Waals surface area contributed by atoms with Crippen LogP contribution in [-0.4, -0.2) is 101 Å². The Morgan fingerprint density at radius 1 is 1.08 bits per heavy atom. The second kappa shape index (κ2) is 15.7. The molecule has 3 aliphatic heterocycles. The number of aliphatic hydroxyl groups is 1. The van der Waals surface area contributed by atoms with Crippen LogP contribution in [0.15, 0.2) is 53.4 Å². The van der Waals surface area contributed by atoms with E-state index in [1.165, 1.54) is 22.5 Å². The molecule has 0 radical (unpaired) electrons. The number of carbonyl (C=O) groups is 2. The maximum Gasteiger partial charge on any atom is 0.407 e. The van der Waals surface area contributed by atoms with Gasteiger partial charge in [-0.25, -0.2) is 18.0 Å². The lowest BCUT2D eigenvalue weighted by molar-refractivity contribution is -0.0907. The quantitative estimate of drug-likeness (QED) is 0.251. The lowest BCUT2D eigenvalue weighted by Gasteiger charge is -2.35. The fraction of sp³-hybridized carbons (Fsp3) is 0.576. The monoisotopic (exact) mass is 691 g/mol. The van der Waals surface area contributed by atoms with Crippen molar-refractivity contribution in [2.45, 2.75) is 69.5 Å². The standard InChI is InChI=1S/C33H45N3O11S/c1-4-42-31(38)34-14-13-33(2,3)20-36(48(40,41)23-10-11-27-28(17-23)46-21-45-27)18-26(37)25(16-22-8-6-5-7-9-22)35-32(39)47-29-19-44-30-24(29)12-15-43-30/h5-11,17,24-26,29-30,37H,4,12-16,18-21H2,1-3H3,(H,34,38)(H,35,39)/t24-,25-,26+,29-,30+/m0/s1. The van der Waals surface area contributed by atoms with E-state index in [9.17, 15) is 23.1 Å². The zero-order valence-electron chi connectivity index (χ0n) is 27.5. The van der Waals surface area contributed by atoms with Crippen LogP contribution in [0.1, 0.15) is 39.2 Å². The molecular formula is C33H45N3O11S. The molecule has 2 amide bonds. The van der Waals surface area contributed by atoms with Crippen LogP contribution in [0.3, 0.4) is 0 Å². The van der Waals surface area contributed by atoms with Gasteiger partial charge in [-0.05, 0) is 49.3 Å². The third-order valence-corrected chi connectivity index (χ3v) is 10.4. The number of alkyl carbamates (subject to hydrolysis) is 2. The highest BCUT2D eigenvalue weighted by Gasteiger charge is 2.44. The molecule has 0 spiro atoms. The number of nitrogens with zero attached hydrogens (tertiary/aromatic N) is 1. The molecule has 3 aliphatic rings. The Morgan fingerprint density at radius 3 is 2.62 bits per heavy atom. The van der Waals surface area contributed by atoms with E-state index in [0.29, 0.717) is 30.9 Å². The maximum atomic E-state index is 14.2.